The molecule has 0 aromatic heterocycles. The SMILES string of the molecule is CC1CCCCC1NC(=O)COC(=O)c1cc([N+](=O)[O-])ccc1N1CCCC1. The first-order valence-electron chi connectivity index (χ1n) is 9.95. The Balaban J connectivity index is 1.66. The fourth-order valence-corrected chi connectivity index (χ4v) is 4.02. The minimum Gasteiger partial charge on any atom is -0.452 e. The number of ether oxygens (including phenoxy) is 1. The molecular weight excluding hydrogens is 362 g/mol. The van der Waals surface area contributed by atoms with Crippen LogP contribution in [0.3, 0.4) is 0 Å². The van der Waals surface area contributed by atoms with Crippen LogP contribution in [-0.4, -0.2) is 42.5 Å². The van der Waals surface area contributed by atoms with Gasteiger partial charge >= 0.3 is 5.97 Å². The molecule has 0 radical (unpaired) electrons. The summed E-state index contributed by atoms with van der Waals surface area (Å²) in [4.78, 5) is 37.4. The van der Waals surface area contributed by atoms with Crippen molar-refractivity contribution in [2.45, 2.75) is 51.5 Å². The monoisotopic (exact) mass is 389 g/mol. The van der Waals surface area contributed by atoms with E-state index in [9.17, 15) is 19.7 Å². The third-order valence-corrected chi connectivity index (χ3v) is 5.65. The van der Waals surface area contributed by atoms with Crippen LogP contribution < -0.4 is 10.2 Å². The molecule has 3 rings (SSSR count). The molecule has 0 bridgehead atoms. The first kappa shape index (κ1) is 20.1. The summed E-state index contributed by atoms with van der Waals surface area (Å²) < 4.78 is 5.20. The quantitative estimate of drug-likeness (QED) is 0.456. The summed E-state index contributed by atoms with van der Waals surface area (Å²) in [6.07, 6.45) is 6.29. The molecule has 1 amide bonds. The number of nitrogens with one attached hydrogen (secondary N) is 1. The minimum absolute atomic E-state index is 0.109. The summed E-state index contributed by atoms with van der Waals surface area (Å²) in [5, 5.41) is 14.0. The average molecular weight is 389 g/mol. The lowest BCUT2D eigenvalue weighted by Crippen LogP contribution is -2.42. The number of nitro benzene ring substituents is 1. The van der Waals surface area contributed by atoms with Gasteiger partial charge in [-0.3, -0.25) is 14.9 Å². The van der Waals surface area contributed by atoms with Crippen molar-refractivity contribution < 1.29 is 19.2 Å². The second-order valence-corrected chi connectivity index (χ2v) is 7.66. The predicted octanol–water partition coefficient (Wildman–Crippen LogP) is 3.05. The second kappa shape index (κ2) is 9.03. The molecule has 1 aromatic carbocycles. The molecule has 2 fully saturated rings. The topological polar surface area (TPSA) is 102 Å². The van der Waals surface area contributed by atoms with Crippen LogP contribution in [-0.2, 0) is 9.53 Å². The van der Waals surface area contributed by atoms with E-state index in [1.54, 1.807) is 6.07 Å². The van der Waals surface area contributed by atoms with Crippen LogP contribution in [0, 0.1) is 16.0 Å². The van der Waals surface area contributed by atoms with Crippen LogP contribution >= 0.6 is 0 Å². The number of non-ortho nitro benzene ring substituents is 1. The molecule has 2 unspecified atom stereocenters. The fourth-order valence-electron chi connectivity index (χ4n) is 4.02. The van der Waals surface area contributed by atoms with Gasteiger partial charge in [0.05, 0.1) is 16.2 Å². The Morgan fingerprint density at radius 2 is 1.93 bits per heavy atom. The number of carbonyl (C=O) groups excluding carboxylic acids is 2. The second-order valence-electron chi connectivity index (χ2n) is 7.66. The number of hydrogen-bond donors (Lipinski definition) is 1. The van der Waals surface area contributed by atoms with Crippen LogP contribution in [0.1, 0.15) is 55.8 Å². The van der Waals surface area contributed by atoms with Gasteiger partial charge in [-0.1, -0.05) is 19.8 Å². The highest BCUT2D eigenvalue weighted by atomic mass is 16.6. The molecule has 28 heavy (non-hydrogen) atoms. The number of anilines is 1. The zero-order chi connectivity index (χ0) is 20.1. The Morgan fingerprint density at radius 1 is 1.21 bits per heavy atom. The zero-order valence-corrected chi connectivity index (χ0v) is 16.2. The van der Waals surface area contributed by atoms with E-state index in [4.69, 9.17) is 4.74 Å². The fraction of sp³-hybridized carbons (Fsp3) is 0.600. The number of nitro groups is 1. The van der Waals surface area contributed by atoms with E-state index in [0.29, 0.717) is 11.6 Å². The van der Waals surface area contributed by atoms with E-state index in [-0.39, 0.29) is 29.8 Å². The van der Waals surface area contributed by atoms with Gasteiger partial charge in [0.15, 0.2) is 6.61 Å². The van der Waals surface area contributed by atoms with Gasteiger partial charge in [0.2, 0.25) is 0 Å². The van der Waals surface area contributed by atoms with Crippen molar-refractivity contribution in [3.8, 4) is 0 Å². The normalized spacial score (nSPS) is 22.0. The van der Waals surface area contributed by atoms with Gasteiger partial charge in [0, 0.05) is 31.3 Å². The van der Waals surface area contributed by atoms with Gasteiger partial charge in [0.25, 0.3) is 11.6 Å². The Kier molecular flexibility index (Phi) is 6.49. The smallest absolute Gasteiger partial charge is 0.341 e. The minimum atomic E-state index is -0.711. The molecule has 8 nitrogen and oxygen atoms in total. The maximum absolute atomic E-state index is 12.6. The largest absolute Gasteiger partial charge is 0.452 e. The Labute approximate surface area is 164 Å². The first-order chi connectivity index (χ1) is 13.5. The number of esters is 1. The third-order valence-electron chi connectivity index (χ3n) is 5.65. The zero-order valence-electron chi connectivity index (χ0n) is 16.2. The van der Waals surface area contributed by atoms with E-state index in [2.05, 4.69) is 12.2 Å². The van der Waals surface area contributed by atoms with E-state index in [1.807, 2.05) is 4.90 Å². The molecule has 8 heteroatoms. The number of amides is 1. The molecule has 2 atom stereocenters. The molecule has 1 saturated heterocycles. The summed E-state index contributed by atoms with van der Waals surface area (Å²) in [5.41, 5.74) is 0.583. The van der Waals surface area contributed by atoms with Gasteiger partial charge in [-0.15, -0.1) is 0 Å². The molecule has 1 aromatic rings. The molecule has 2 aliphatic rings. The first-order valence-corrected chi connectivity index (χ1v) is 9.95. The number of hydrogen-bond acceptors (Lipinski definition) is 6. The average Bonchev–Trinajstić information content (AvgIpc) is 3.22. The molecule has 1 heterocycles. The predicted molar refractivity (Wildman–Crippen MR) is 104 cm³/mol. The lowest BCUT2D eigenvalue weighted by Gasteiger charge is -2.29. The van der Waals surface area contributed by atoms with Crippen molar-refractivity contribution >= 4 is 23.3 Å². The van der Waals surface area contributed by atoms with Crippen molar-refractivity contribution in [1.29, 1.82) is 0 Å². The Hall–Kier alpha value is -2.64. The standard InChI is InChI=1S/C20H27N3O5/c1-14-6-2-3-7-17(14)21-19(24)13-28-20(25)16-12-15(23(26)27)8-9-18(16)22-10-4-5-11-22/h8-9,12,14,17H,2-7,10-11,13H2,1H3,(H,21,24). The van der Waals surface area contributed by atoms with Crippen LogP contribution in [0.4, 0.5) is 11.4 Å². The van der Waals surface area contributed by atoms with E-state index >= 15 is 0 Å². The van der Waals surface area contributed by atoms with E-state index < -0.39 is 10.9 Å². The van der Waals surface area contributed by atoms with Crippen LogP contribution in [0.5, 0.6) is 0 Å². The number of rotatable bonds is 6. The lowest BCUT2D eigenvalue weighted by atomic mass is 9.86. The maximum Gasteiger partial charge on any atom is 0.341 e. The van der Waals surface area contributed by atoms with Crippen molar-refractivity contribution in [3.05, 3.63) is 33.9 Å². The Bertz CT molecular complexity index is 745. The number of carbonyl (C=O) groups is 2. The van der Waals surface area contributed by atoms with Crippen molar-refractivity contribution in [1.82, 2.24) is 5.32 Å². The molecular formula is C20H27N3O5. The molecule has 1 N–H and O–H groups in total. The summed E-state index contributed by atoms with van der Waals surface area (Å²) in [5.74, 6) is -0.635. The van der Waals surface area contributed by atoms with Gasteiger partial charge in [0.1, 0.15) is 0 Å². The molecule has 1 aliphatic heterocycles. The van der Waals surface area contributed by atoms with Crippen LogP contribution in [0.2, 0.25) is 0 Å². The summed E-state index contributed by atoms with van der Waals surface area (Å²) in [6.45, 7) is 3.31. The van der Waals surface area contributed by atoms with Crippen LogP contribution in [0.15, 0.2) is 18.2 Å². The molecule has 1 aliphatic carbocycles. The van der Waals surface area contributed by atoms with Crippen molar-refractivity contribution in [2.75, 3.05) is 24.6 Å². The maximum atomic E-state index is 12.6. The van der Waals surface area contributed by atoms with Gasteiger partial charge < -0.3 is 15.0 Å². The highest BCUT2D eigenvalue weighted by Crippen LogP contribution is 2.29. The highest BCUT2D eigenvalue weighted by Gasteiger charge is 2.26. The summed E-state index contributed by atoms with van der Waals surface area (Å²) in [6, 6.07) is 4.32. The van der Waals surface area contributed by atoms with Gasteiger partial charge in [-0.05, 0) is 37.7 Å². The molecule has 1 saturated carbocycles. The Morgan fingerprint density at radius 3 is 2.61 bits per heavy atom. The summed E-state index contributed by atoms with van der Waals surface area (Å²) >= 11 is 0. The summed E-state index contributed by atoms with van der Waals surface area (Å²) in [7, 11) is 0. The number of nitrogens with zero attached hydrogens (tertiary/aromatic N) is 2. The lowest BCUT2D eigenvalue weighted by molar-refractivity contribution is -0.384. The van der Waals surface area contributed by atoms with Gasteiger partial charge in [-0.25, -0.2) is 4.79 Å². The van der Waals surface area contributed by atoms with Crippen molar-refractivity contribution in [3.63, 3.8) is 0 Å². The van der Waals surface area contributed by atoms with E-state index in [1.165, 1.54) is 18.6 Å². The molecule has 0 spiro atoms. The highest BCUT2D eigenvalue weighted by molar-refractivity contribution is 5.97. The van der Waals surface area contributed by atoms with Crippen LogP contribution in [0.25, 0.3) is 0 Å². The third kappa shape index (κ3) is 4.79. The van der Waals surface area contributed by atoms with E-state index in [0.717, 1.165) is 45.2 Å². The van der Waals surface area contributed by atoms with Crippen molar-refractivity contribution in [2.24, 2.45) is 5.92 Å². The number of benzene rings is 1. The van der Waals surface area contributed by atoms with Gasteiger partial charge in [-0.2, -0.15) is 0 Å². The molecule has 152 valence electrons.